The maximum Gasteiger partial charge on any atom is 0.356 e. The van der Waals surface area contributed by atoms with Gasteiger partial charge in [-0.2, -0.15) is 0 Å². The molecule has 24 heavy (non-hydrogen) atoms. The number of hydrogen-bond acceptors (Lipinski definition) is 3. The molecule has 0 amide bonds. The molecular weight excluding hydrogens is 501 g/mol. The number of rotatable bonds is 6. The number of aryl methyl sites for hydroxylation is 2. The first-order chi connectivity index (χ1) is 11.6. The van der Waals surface area contributed by atoms with E-state index in [1.54, 1.807) is 11.3 Å². The molecule has 0 atom stereocenters. The van der Waals surface area contributed by atoms with Crippen molar-refractivity contribution in [3.63, 3.8) is 0 Å². The smallest absolute Gasteiger partial charge is 0.356 e. The van der Waals surface area contributed by atoms with Crippen LogP contribution in [-0.4, -0.2) is 17.1 Å². The van der Waals surface area contributed by atoms with Gasteiger partial charge in [-0.25, -0.2) is 4.79 Å². The Morgan fingerprint density at radius 1 is 1.33 bits per heavy atom. The molecule has 0 aliphatic heterocycles. The van der Waals surface area contributed by atoms with Crippen molar-refractivity contribution in [1.82, 2.24) is 4.57 Å². The minimum atomic E-state index is -0.235. The summed E-state index contributed by atoms with van der Waals surface area (Å²) < 4.78 is 10.6. The first kappa shape index (κ1) is 17.9. The van der Waals surface area contributed by atoms with E-state index >= 15 is 0 Å². The van der Waals surface area contributed by atoms with E-state index in [0.29, 0.717) is 12.3 Å². The lowest BCUT2D eigenvalue weighted by atomic mass is 10.1. The fourth-order valence-corrected chi connectivity index (χ4v) is 5.42. The lowest BCUT2D eigenvalue weighted by Gasteiger charge is -2.10. The Bertz CT molecular complexity index is 857. The van der Waals surface area contributed by atoms with Gasteiger partial charge < -0.3 is 9.30 Å². The van der Waals surface area contributed by atoms with Gasteiger partial charge in [0.05, 0.1) is 24.2 Å². The molecule has 0 radical (unpaired) electrons. The maximum atomic E-state index is 12.4. The molecule has 3 aromatic rings. The number of fused-ring (bicyclic) bond motifs is 1. The molecule has 0 saturated heterocycles. The number of carbonyl (C=O) groups is 1. The third-order valence-corrected chi connectivity index (χ3v) is 6.87. The highest BCUT2D eigenvalue weighted by Gasteiger charge is 2.23. The van der Waals surface area contributed by atoms with Crippen LogP contribution in [0.15, 0.2) is 40.2 Å². The molecule has 0 bridgehead atoms. The molecule has 0 saturated carbocycles. The number of thiophene rings is 1. The molecule has 0 spiro atoms. The summed E-state index contributed by atoms with van der Waals surface area (Å²) >= 11 is 7.47. The Hall–Kier alpha value is -0.860. The number of aromatic nitrogens is 1. The summed E-state index contributed by atoms with van der Waals surface area (Å²) in [6.07, 6.45) is 1.97. The van der Waals surface area contributed by atoms with Crippen molar-refractivity contribution in [3.8, 4) is 0 Å². The van der Waals surface area contributed by atoms with Crippen LogP contribution in [0.4, 0.5) is 0 Å². The molecule has 1 aromatic carbocycles. The van der Waals surface area contributed by atoms with Gasteiger partial charge in [0.1, 0.15) is 5.69 Å². The van der Waals surface area contributed by atoms with Gasteiger partial charge in [-0.3, -0.25) is 0 Å². The van der Waals surface area contributed by atoms with E-state index in [-0.39, 0.29) is 5.97 Å². The van der Waals surface area contributed by atoms with E-state index < -0.39 is 0 Å². The van der Waals surface area contributed by atoms with Crippen molar-refractivity contribution < 1.29 is 9.53 Å². The predicted octanol–water partition coefficient (Wildman–Crippen LogP) is 5.88. The first-order valence-electron chi connectivity index (χ1n) is 7.80. The summed E-state index contributed by atoms with van der Waals surface area (Å²) in [5.41, 5.74) is 3.10. The average molecular weight is 518 g/mol. The molecule has 0 unspecified atom stereocenters. The van der Waals surface area contributed by atoms with E-state index in [0.717, 1.165) is 37.0 Å². The number of carbonyl (C=O) groups excluding carboxylic acids is 1. The molecule has 3 nitrogen and oxygen atoms in total. The Morgan fingerprint density at radius 3 is 2.79 bits per heavy atom. The van der Waals surface area contributed by atoms with Gasteiger partial charge in [0.15, 0.2) is 0 Å². The molecule has 0 aliphatic carbocycles. The number of ether oxygens (including phenoxy) is 1. The minimum absolute atomic E-state index is 0.235. The van der Waals surface area contributed by atoms with Gasteiger partial charge in [0.25, 0.3) is 0 Å². The third-order valence-electron chi connectivity index (χ3n) is 3.81. The zero-order valence-corrected chi connectivity index (χ0v) is 17.8. The second-order valence-corrected chi connectivity index (χ2v) is 8.90. The zero-order chi connectivity index (χ0) is 17.1. The fraction of sp³-hybridized carbons (Fsp3) is 0.278. The molecule has 0 aliphatic rings. The summed E-state index contributed by atoms with van der Waals surface area (Å²) in [5, 5.41) is 0. The van der Waals surface area contributed by atoms with Crippen LogP contribution in [0.25, 0.3) is 10.2 Å². The number of halogens is 2. The zero-order valence-electron chi connectivity index (χ0n) is 13.2. The summed E-state index contributed by atoms with van der Waals surface area (Å²) in [6.45, 7) is 3.03. The molecule has 126 valence electrons. The third kappa shape index (κ3) is 3.70. The Labute approximate surface area is 167 Å². The number of hydrogen-bond donors (Lipinski definition) is 0. The highest BCUT2D eigenvalue weighted by molar-refractivity contribution is 14.1. The van der Waals surface area contributed by atoms with Gasteiger partial charge in [-0.05, 0) is 69.9 Å². The summed E-state index contributed by atoms with van der Waals surface area (Å²) in [6, 6.07) is 12.5. The van der Waals surface area contributed by atoms with Crippen LogP contribution in [-0.2, 0) is 17.7 Å². The molecule has 0 N–H and O–H groups in total. The highest BCUT2D eigenvalue weighted by atomic mass is 127. The first-order valence-corrected chi connectivity index (χ1v) is 10.5. The van der Waals surface area contributed by atoms with Crippen LogP contribution < -0.4 is 0 Å². The van der Waals surface area contributed by atoms with Crippen molar-refractivity contribution in [1.29, 1.82) is 0 Å². The normalized spacial score (nSPS) is 11.1. The van der Waals surface area contributed by atoms with Crippen LogP contribution in [0.2, 0.25) is 0 Å². The van der Waals surface area contributed by atoms with Gasteiger partial charge >= 0.3 is 5.97 Å². The van der Waals surface area contributed by atoms with E-state index in [2.05, 4.69) is 73.4 Å². The van der Waals surface area contributed by atoms with Gasteiger partial charge in [0.2, 0.25) is 0 Å². The standard InChI is InChI=1S/C18H17BrINO2S/c1-2-23-18(22)16-15(20)17-13(11-14(19)24-17)21(16)10-6-9-12-7-4-3-5-8-12/h3-5,7-8,11H,2,6,9-10H2,1H3. The topological polar surface area (TPSA) is 31.2 Å². The number of benzene rings is 1. The Morgan fingerprint density at radius 2 is 2.08 bits per heavy atom. The summed E-state index contributed by atoms with van der Waals surface area (Å²) in [4.78, 5) is 12.4. The fourth-order valence-electron chi connectivity index (χ4n) is 2.77. The van der Waals surface area contributed by atoms with E-state index in [9.17, 15) is 4.79 Å². The molecular formula is C18H17BrINO2S. The highest BCUT2D eigenvalue weighted by Crippen LogP contribution is 2.37. The molecule has 3 rings (SSSR count). The molecule has 2 heterocycles. The monoisotopic (exact) mass is 517 g/mol. The summed E-state index contributed by atoms with van der Waals surface area (Å²) in [7, 11) is 0. The van der Waals surface area contributed by atoms with Crippen molar-refractivity contribution in [2.24, 2.45) is 0 Å². The predicted molar refractivity (Wildman–Crippen MR) is 111 cm³/mol. The Kier molecular flexibility index (Phi) is 5.99. The van der Waals surface area contributed by atoms with Crippen molar-refractivity contribution >= 4 is 66.0 Å². The summed E-state index contributed by atoms with van der Waals surface area (Å²) in [5.74, 6) is -0.235. The van der Waals surface area contributed by atoms with Crippen LogP contribution in [0, 0.1) is 3.57 Å². The van der Waals surface area contributed by atoms with Crippen LogP contribution in [0.1, 0.15) is 29.4 Å². The van der Waals surface area contributed by atoms with E-state index in [4.69, 9.17) is 4.74 Å². The van der Waals surface area contributed by atoms with Gasteiger partial charge in [0, 0.05) is 6.54 Å². The largest absolute Gasteiger partial charge is 0.461 e. The van der Waals surface area contributed by atoms with E-state index in [1.165, 1.54) is 5.56 Å². The molecule has 0 fully saturated rings. The van der Waals surface area contributed by atoms with Crippen LogP contribution in [0.5, 0.6) is 0 Å². The van der Waals surface area contributed by atoms with E-state index in [1.807, 2.05) is 13.0 Å². The minimum Gasteiger partial charge on any atom is -0.461 e. The molecule has 6 heteroatoms. The second-order valence-electron chi connectivity index (χ2n) is 5.39. The van der Waals surface area contributed by atoms with Gasteiger partial charge in [-0.1, -0.05) is 30.3 Å². The van der Waals surface area contributed by atoms with Crippen molar-refractivity contribution in [2.75, 3.05) is 6.61 Å². The van der Waals surface area contributed by atoms with Crippen LogP contribution >= 0.6 is 49.9 Å². The van der Waals surface area contributed by atoms with Gasteiger partial charge in [-0.15, -0.1) is 11.3 Å². The average Bonchev–Trinajstić information content (AvgIpc) is 3.06. The van der Waals surface area contributed by atoms with Crippen molar-refractivity contribution in [2.45, 2.75) is 26.3 Å². The Balaban J connectivity index is 1.89. The number of esters is 1. The second kappa shape index (κ2) is 8.01. The lowest BCUT2D eigenvalue weighted by Crippen LogP contribution is -2.14. The van der Waals surface area contributed by atoms with Crippen LogP contribution in [0.3, 0.4) is 0 Å². The van der Waals surface area contributed by atoms with Crippen molar-refractivity contribution in [3.05, 3.63) is 55.0 Å². The lowest BCUT2D eigenvalue weighted by molar-refractivity contribution is 0.0513. The SMILES string of the molecule is CCOC(=O)c1c(I)c2sc(Br)cc2n1CCCc1ccccc1. The quantitative estimate of drug-likeness (QED) is 0.302. The molecule has 2 aromatic heterocycles. The maximum absolute atomic E-state index is 12.4. The number of nitrogens with zero attached hydrogens (tertiary/aromatic N) is 1.